The lowest BCUT2D eigenvalue weighted by molar-refractivity contribution is -0.148. The molecule has 0 bridgehead atoms. The first-order valence-corrected chi connectivity index (χ1v) is 9.78. The third-order valence-electron chi connectivity index (χ3n) is 5.27. The van der Waals surface area contributed by atoms with E-state index >= 15 is 0 Å². The van der Waals surface area contributed by atoms with Crippen LogP contribution in [-0.2, 0) is 20.7 Å². The summed E-state index contributed by atoms with van der Waals surface area (Å²) >= 11 is 0. The van der Waals surface area contributed by atoms with Gasteiger partial charge in [0.1, 0.15) is 11.6 Å². The number of amides is 1. The Labute approximate surface area is 176 Å². The van der Waals surface area contributed by atoms with E-state index in [1.165, 1.54) is 5.56 Å². The van der Waals surface area contributed by atoms with Gasteiger partial charge in [-0.3, -0.25) is 14.4 Å². The lowest BCUT2D eigenvalue weighted by atomic mass is 9.99. The van der Waals surface area contributed by atoms with Crippen molar-refractivity contribution in [1.29, 1.82) is 5.26 Å². The number of nitriles is 1. The molecule has 1 aromatic heterocycles. The molecular weight excluding hydrogens is 382 g/mol. The molecule has 2 rings (SSSR count). The zero-order valence-corrected chi connectivity index (χ0v) is 18.0. The van der Waals surface area contributed by atoms with Crippen LogP contribution in [0.15, 0.2) is 23.0 Å². The molecule has 0 saturated carbocycles. The number of aromatic amines is 1. The second-order valence-electron chi connectivity index (χ2n) is 7.46. The minimum atomic E-state index is -0.521. The number of pyridine rings is 1. The quantitative estimate of drug-likeness (QED) is 0.683. The summed E-state index contributed by atoms with van der Waals surface area (Å²) in [5.74, 6) is -0.898. The van der Waals surface area contributed by atoms with Crippen LogP contribution in [0.2, 0.25) is 0 Å². The number of rotatable bonds is 7. The van der Waals surface area contributed by atoms with Crippen LogP contribution in [-0.4, -0.2) is 23.5 Å². The van der Waals surface area contributed by atoms with E-state index in [0.717, 1.165) is 16.7 Å². The van der Waals surface area contributed by atoms with Gasteiger partial charge in [0.05, 0.1) is 6.04 Å². The fourth-order valence-electron chi connectivity index (χ4n) is 3.27. The van der Waals surface area contributed by atoms with Crippen LogP contribution in [0.1, 0.15) is 58.5 Å². The number of H-pyrrole nitrogens is 1. The van der Waals surface area contributed by atoms with Crippen LogP contribution in [0.3, 0.4) is 0 Å². The Bertz CT molecular complexity index is 1060. The van der Waals surface area contributed by atoms with Crippen LogP contribution >= 0.6 is 0 Å². The zero-order chi connectivity index (χ0) is 22.4. The fraction of sp³-hybridized carbons (Fsp3) is 0.391. The van der Waals surface area contributed by atoms with Crippen molar-refractivity contribution >= 4 is 11.9 Å². The van der Waals surface area contributed by atoms with Crippen LogP contribution < -0.4 is 10.9 Å². The monoisotopic (exact) mass is 409 g/mol. The highest BCUT2D eigenvalue weighted by Crippen LogP contribution is 2.17. The van der Waals surface area contributed by atoms with Crippen LogP contribution in [0.25, 0.3) is 0 Å². The molecule has 0 unspecified atom stereocenters. The van der Waals surface area contributed by atoms with E-state index in [-0.39, 0.29) is 30.5 Å². The number of carbonyl (C=O) groups is 2. The number of hydrogen-bond donors (Lipinski definition) is 2. The molecule has 0 radical (unpaired) electrons. The van der Waals surface area contributed by atoms with Gasteiger partial charge >= 0.3 is 5.97 Å². The molecule has 1 atom stereocenters. The van der Waals surface area contributed by atoms with E-state index in [4.69, 9.17) is 10.00 Å². The largest absolute Gasteiger partial charge is 0.456 e. The van der Waals surface area contributed by atoms with E-state index in [1.54, 1.807) is 13.8 Å². The Morgan fingerprint density at radius 3 is 2.53 bits per heavy atom. The molecule has 0 aliphatic rings. The average Bonchev–Trinajstić information content (AvgIpc) is 2.68. The van der Waals surface area contributed by atoms with Crippen molar-refractivity contribution in [2.75, 3.05) is 6.61 Å². The Morgan fingerprint density at radius 2 is 1.90 bits per heavy atom. The highest BCUT2D eigenvalue weighted by molar-refractivity contribution is 5.81. The van der Waals surface area contributed by atoms with Crippen LogP contribution in [0, 0.1) is 39.0 Å². The number of ether oxygens (including phenoxy) is 1. The lowest BCUT2D eigenvalue weighted by Crippen LogP contribution is -2.31. The summed E-state index contributed by atoms with van der Waals surface area (Å²) in [6, 6.07) is 7.67. The van der Waals surface area contributed by atoms with Gasteiger partial charge in [0, 0.05) is 12.1 Å². The second-order valence-corrected chi connectivity index (χ2v) is 7.46. The maximum Gasteiger partial charge on any atom is 0.306 e. The van der Waals surface area contributed by atoms with E-state index in [0.29, 0.717) is 17.7 Å². The number of esters is 1. The van der Waals surface area contributed by atoms with Gasteiger partial charge in [-0.25, -0.2) is 0 Å². The van der Waals surface area contributed by atoms with Gasteiger partial charge in [-0.2, -0.15) is 5.26 Å². The van der Waals surface area contributed by atoms with Gasteiger partial charge in [0.25, 0.3) is 11.5 Å². The Hall–Kier alpha value is -3.40. The average molecular weight is 409 g/mol. The number of aryl methyl sites for hydroxylation is 3. The molecule has 1 heterocycles. The third-order valence-corrected chi connectivity index (χ3v) is 5.27. The molecule has 0 saturated heterocycles. The lowest BCUT2D eigenvalue weighted by Gasteiger charge is -2.16. The predicted molar refractivity (Wildman–Crippen MR) is 113 cm³/mol. The highest BCUT2D eigenvalue weighted by atomic mass is 16.5. The van der Waals surface area contributed by atoms with Gasteiger partial charge in [-0.15, -0.1) is 0 Å². The summed E-state index contributed by atoms with van der Waals surface area (Å²) in [6.45, 7) is 8.96. The smallest absolute Gasteiger partial charge is 0.306 e. The SMILES string of the molecule is Cc1ccc([C@@H](C)NC(=O)COC(=O)CCc2c(C)[nH]c(=O)c(C#N)c2C)cc1C. The molecule has 158 valence electrons. The topological polar surface area (TPSA) is 112 Å². The minimum Gasteiger partial charge on any atom is -0.456 e. The first-order chi connectivity index (χ1) is 14.1. The molecule has 1 amide bonds. The first kappa shape index (κ1) is 22.9. The molecule has 7 heteroatoms. The van der Waals surface area contributed by atoms with Crippen molar-refractivity contribution < 1.29 is 14.3 Å². The summed E-state index contributed by atoms with van der Waals surface area (Å²) in [7, 11) is 0. The number of nitrogens with zero attached hydrogens (tertiary/aromatic N) is 1. The van der Waals surface area contributed by atoms with E-state index in [9.17, 15) is 14.4 Å². The zero-order valence-electron chi connectivity index (χ0n) is 18.0. The van der Waals surface area contributed by atoms with E-state index < -0.39 is 11.5 Å². The molecule has 0 aliphatic carbocycles. The predicted octanol–water partition coefficient (Wildman–Crippen LogP) is 2.83. The summed E-state index contributed by atoms with van der Waals surface area (Å²) < 4.78 is 5.08. The van der Waals surface area contributed by atoms with Crippen molar-refractivity contribution in [1.82, 2.24) is 10.3 Å². The molecule has 7 nitrogen and oxygen atoms in total. The maximum absolute atomic E-state index is 12.1. The molecule has 30 heavy (non-hydrogen) atoms. The first-order valence-electron chi connectivity index (χ1n) is 9.78. The fourth-order valence-corrected chi connectivity index (χ4v) is 3.27. The number of carbonyl (C=O) groups excluding carboxylic acids is 2. The second kappa shape index (κ2) is 9.88. The molecule has 2 aromatic rings. The van der Waals surface area contributed by atoms with Gasteiger partial charge < -0.3 is 15.0 Å². The van der Waals surface area contributed by atoms with Gasteiger partial charge in [0.15, 0.2) is 6.61 Å². The molecule has 2 N–H and O–H groups in total. The standard InChI is InChI=1S/C23H27N3O4/c1-13-6-7-18(10-14(13)2)16(4)25-21(27)12-30-22(28)9-8-19-15(3)20(11-24)23(29)26-17(19)5/h6-7,10,16H,8-9,12H2,1-5H3,(H,25,27)(H,26,29)/t16-/m1/s1. The maximum atomic E-state index is 12.1. The van der Waals surface area contributed by atoms with Gasteiger partial charge in [-0.1, -0.05) is 18.2 Å². The van der Waals surface area contributed by atoms with Crippen molar-refractivity contribution in [3.05, 3.63) is 67.6 Å². The Morgan fingerprint density at radius 1 is 1.20 bits per heavy atom. The third kappa shape index (κ3) is 5.57. The van der Waals surface area contributed by atoms with Crippen molar-refractivity contribution in [3.8, 4) is 6.07 Å². The Kier molecular flexibility index (Phi) is 7.54. The summed E-state index contributed by atoms with van der Waals surface area (Å²) in [5.41, 5.74) is 4.83. The summed E-state index contributed by atoms with van der Waals surface area (Å²) in [4.78, 5) is 38.6. The van der Waals surface area contributed by atoms with Crippen LogP contribution in [0.4, 0.5) is 0 Å². The normalized spacial score (nSPS) is 11.5. The molecule has 0 fully saturated rings. The summed E-state index contributed by atoms with van der Waals surface area (Å²) in [6.07, 6.45) is 0.348. The van der Waals surface area contributed by atoms with Crippen molar-refractivity contribution in [2.45, 2.75) is 53.5 Å². The number of aromatic nitrogens is 1. The molecule has 0 spiro atoms. The van der Waals surface area contributed by atoms with Gasteiger partial charge in [-0.05, 0) is 68.9 Å². The van der Waals surface area contributed by atoms with Crippen molar-refractivity contribution in [3.63, 3.8) is 0 Å². The Balaban J connectivity index is 1.88. The van der Waals surface area contributed by atoms with Crippen molar-refractivity contribution in [2.24, 2.45) is 0 Å². The minimum absolute atomic E-state index is 0.0403. The summed E-state index contributed by atoms with van der Waals surface area (Å²) in [5, 5.41) is 11.9. The molecule has 1 aromatic carbocycles. The van der Waals surface area contributed by atoms with Crippen LogP contribution in [0.5, 0.6) is 0 Å². The molecular formula is C23H27N3O4. The number of nitrogens with one attached hydrogen (secondary N) is 2. The molecule has 0 aliphatic heterocycles. The highest BCUT2D eigenvalue weighted by Gasteiger charge is 2.15. The van der Waals surface area contributed by atoms with E-state index in [1.807, 2.05) is 45.0 Å². The van der Waals surface area contributed by atoms with Gasteiger partial charge in [0.2, 0.25) is 0 Å². The number of benzene rings is 1. The number of hydrogen-bond acceptors (Lipinski definition) is 5. The van der Waals surface area contributed by atoms with E-state index in [2.05, 4.69) is 10.3 Å².